The molecule has 3 aromatic heterocycles. The molecule has 4 heterocycles. The van der Waals surface area contributed by atoms with E-state index in [-0.39, 0.29) is 5.91 Å². The fraction of sp³-hybridized carbons (Fsp3) is 0.320. The molecule has 1 aromatic carbocycles. The topological polar surface area (TPSA) is 93.2 Å². The van der Waals surface area contributed by atoms with E-state index in [0.29, 0.717) is 30.5 Å². The SMILES string of the molecule is Cn1nc(-c2ccccc2)cc1C(=O)N1CCN(c2ccc(-c3noc(C4CC4)n3)cn2)CC1. The van der Waals surface area contributed by atoms with Crippen molar-refractivity contribution in [2.75, 3.05) is 31.1 Å². The van der Waals surface area contributed by atoms with Crippen LogP contribution >= 0.6 is 0 Å². The lowest BCUT2D eigenvalue weighted by Crippen LogP contribution is -2.49. The number of benzene rings is 1. The van der Waals surface area contributed by atoms with Crippen molar-refractivity contribution in [2.45, 2.75) is 18.8 Å². The molecule has 172 valence electrons. The lowest BCUT2D eigenvalue weighted by atomic mass is 10.1. The molecule has 4 aromatic rings. The van der Waals surface area contributed by atoms with Gasteiger partial charge in [0.1, 0.15) is 11.5 Å². The maximum absolute atomic E-state index is 13.2. The van der Waals surface area contributed by atoms with Crippen molar-refractivity contribution in [2.24, 2.45) is 7.05 Å². The molecule has 0 unspecified atom stereocenters. The van der Waals surface area contributed by atoms with Crippen LogP contribution in [0.25, 0.3) is 22.6 Å². The Bertz CT molecular complexity index is 1300. The zero-order chi connectivity index (χ0) is 23.1. The average molecular weight is 456 g/mol. The summed E-state index contributed by atoms with van der Waals surface area (Å²) in [5, 5.41) is 8.62. The summed E-state index contributed by atoms with van der Waals surface area (Å²) in [6.45, 7) is 2.69. The van der Waals surface area contributed by atoms with Gasteiger partial charge in [0.2, 0.25) is 11.7 Å². The third kappa shape index (κ3) is 3.93. The first-order valence-electron chi connectivity index (χ1n) is 11.6. The molecule has 9 heteroatoms. The molecule has 34 heavy (non-hydrogen) atoms. The van der Waals surface area contributed by atoms with Crippen molar-refractivity contribution in [3.8, 4) is 22.6 Å². The molecule has 1 amide bonds. The lowest BCUT2D eigenvalue weighted by molar-refractivity contribution is 0.0735. The van der Waals surface area contributed by atoms with Gasteiger partial charge < -0.3 is 14.3 Å². The Morgan fingerprint density at radius 1 is 1.00 bits per heavy atom. The van der Waals surface area contributed by atoms with Gasteiger partial charge in [-0.15, -0.1) is 0 Å². The summed E-state index contributed by atoms with van der Waals surface area (Å²) in [6.07, 6.45) is 4.04. The first-order valence-corrected chi connectivity index (χ1v) is 11.6. The minimum Gasteiger partial charge on any atom is -0.353 e. The molecule has 0 atom stereocenters. The van der Waals surface area contributed by atoms with Crippen LogP contribution < -0.4 is 4.90 Å². The van der Waals surface area contributed by atoms with E-state index in [1.54, 1.807) is 10.9 Å². The fourth-order valence-corrected chi connectivity index (χ4v) is 4.27. The second kappa shape index (κ2) is 8.40. The second-order valence-electron chi connectivity index (χ2n) is 8.82. The molecule has 1 aliphatic heterocycles. The number of hydrogen-bond donors (Lipinski definition) is 0. The molecule has 6 rings (SSSR count). The van der Waals surface area contributed by atoms with E-state index in [2.05, 4.69) is 25.1 Å². The summed E-state index contributed by atoms with van der Waals surface area (Å²) in [5.74, 6) is 2.63. The third-order valence-electron chi connectivity index (χ3n) is 6.43. The van der Waals surface area contributed by atoms with Crippen LogP contribution in [0.2, 0.25) is 0 Å². The van der Waals surface area contributed by atoms with Gasteiger partial charge in [0, 0.05) is 56.5 Å². The van der Waals surface area contributed by atoms with Crippen LogP contribution in [0.4, 0.5) is 5.82 Å². The summed E-state index contributed by atoms with van der Waals surface area (Å²) in [4.78, 5) is 26.4. The van der Waals surface area contributed by atoms with Crippen LogP contribution in [0.1, 0.15) is 35.1 Å². The molecule has 9 nitrogen and oxygen atoms in total. The van der Waals surface area contributed by atoms with Gasteiger partial charge in [0.15, 0.2) is 0 Å². The number of nitrogens with zero attached hydrogens (tertiary/aromatic N) is 7. The summed E-state index contributed by atoms with van der Waals surface area (Å²) in [7, 11) is 1.82. The van der Waals surface area contributed by atoms with E-state index >= 15 is 0 Å². The van der Waals surface area contributed by atoms with Gasteiger partial charge in [-0.3, -0.25) is 9.48 Å². The number of hydrogen-bond acceptors (Lipinski definition) is 7. The molecule has 0 radical (unpaired) electrons. The number of pyridine rings is 1. The van der Waals surface area contributed by atoms with E-state index in [0.717, 1.165) is 54.5 Å². The monoisotopic (exact) mass is 455 g/mol. The Labute approximate surface area is 197 Å². The molecule has 0 spiro atoms. The van der Waals surface area contributed by atoms with Crippen molar-refractivity contribution in [1.82, 2.24) is 29.8 Å². The second-order valence-corrected chi connectivity index (χ2v) is 8.82. The molecule has 0 bridgehead atoms. The van der Waals surface area contributed by atoms with E-state index < -0.39 is 0 Å². The first-order chi connectivity index (χ1) is 16.7. The number of piperazine rings is 1. The van der Waals surface area contributed by atoms with Crippen LogP contribution in [0.15, 0.2) is 59.3 Å². The van der Waals surface area contributed by atoms with Gasteiger partial charge in [-0.1, -0.05) is 35.5 Å². The van der Waals surface area contributed by atoms with Crippen LogP contribution in [0, 0.1) is 0 Å². The van der Waals surface area contributed by atoms with Gasteiger partial charge in [0.05, 0.1) is 5.69 Å². The third-order valence-corrected chi connectivity index (χ3v) is 6.43. The maximum atomic E-state index is 13.2. The Morgan fingerprint density at radius 2 is 1.79 bits per heavy atom. The highest BCUT2D eigenvalue weighted by Gasteiger charge is 2.30. The predicted molar refractivity (Wildman–Crippen MR) is 126 cm³/mol. The minimum absolute atomic E-state index is 0.00344. The number of aromatic nitrogens is 5. The molecular formula is C25H25N7O2. The molecule has 1 aliphatic carbocycles. The van der Waals surface area contributed by atoms with Gasteiger partial charge in [-0.05, 0) is 31.0 Å². The van der Waals surface area contributed by atoms with Crippen molar-refractivity contribution in [3.05, 3.63) is 66.3 Å². The van der Waals surface area contributed by atoms with E-state index in [9.17, 15) is 4.79 Å². The van der Waals surface area contributed by atoms with Crippen LogP contribution in [-0.2, 0) is 7.05 Å². The number of rotatable bonds is 5. The van der Waals surface area contributed by atoms with Crippen LogP contribution in [0.5, 0.6) is 0 Å². The van der Waals surface area contributed by atoms with Crippen molar-refractivity contribution >= 4 is 11.7 Å². The molecule has 2 aliphatic rings. The highest BCUT2D eigenvalue weighted by molar-refractivity contribution is 5.94. The number of anilines is 1. The molecule has 1 saturated carbocycles. The van der Waals surface area contributed by atoms with E-state index in [1.807, 2.05) is 60.5 Å². The fourth-order valence-electron chi connectivity index (χ4n) is 4.27. The highest BCUT2D eigenvalue weighted by Crippen LogP contribution is 2.39. The smallest absolute Gasteiger partial charge is 0.272 e. The Hall–Kier alpha value is -4.01. The molecular weight excluding hydrogens is 430 g/mol. The van der Waals surface area contributed by atoms with E-state index in [4.69, 9.17) is 4.52 Å². The number of aryl methyl sites for hydroxylation is 1. The van der Waals surface area contributed by atoms with Crippen LogP contribution in [0.3, 0.4) is 0 Å². The number of amides is 1. The predicted octanol–water partition coefficient (Wildman–Crippen LogP) is 3.37. The average Bonchev–Trinajstić information content (AvgIpc) is 3.49. The maximum Gasteiger partial charge on any atom is 0.272 e. The van der Waals surface area contributed by atoms with Gasteiger partial charge in [0.25, 0.3) is 5.91 Å². The Kier molecular flexibility index (Phi) is 5.09. The zero-order valence-electron chi connectivity index (χ0n) is 19.0. The van der Waals surface area contributed by atoms with Gasteiger partial charge in [-0.25, -0.2) is 4.98 Å². The quantitative estimate of drug-likeness (QED) is 0.455. The largest absolute Gasteiger partial charge is 0.353 e. The minimum atomic E-state index is 0.00344. The van der Waals surface area contributed by atoms with Crippen molar-refractivity contribution in [1.29, 1.82) is 0 Å². The molecule has 2 fully saturated rings. The Morgan fingerprint density at radius 3 is 2.50 bits per heavy atom. The molecule has 1 saturated heterocycles. The van der Waals surface area contributed by atoms with Gasteiger partial charge in [-0.2, -0.15) is 10.1 Å². The highest BCUT2D eigenvalue weighted by atomic mass is 16.5. The summed E-state index contributed by atoms with van der Waals surface area (Å²) in [5.41, 5.74) is 3.25. The first kappa shape index (κ1) is 20.6. The molecule has 0 N–H and O–H groups in total. The number of carbonyl (C=O) groups excluding carboxylic acids is 1. The number of carbonyl (C=O) groups is 1. The normalized spacial score (nSPS) is 16.1. The summed E-state index contributed by atoms with van der Waals surface area (Å²) >= 11 is 0. The standard InChI is InChI=1S/C25H25N7O2/c1-30-21(15-20(28-30)17-5-3-2-4-6-17)25(33)32-13-11-31(12-14-32)22-10-9-19(16-26-22)23-27-24(34-29-23)18-7-8-18/h2-6,9-10,15-16,18H,7-8,11-14H2,1H3. The zero-order valence-corrected chi connectivity index (χ0v) is 19.0. The van der Waals surface area contributed by atoms with Crippen molar-refractivity contribution < 1.29 is 9.32 Å². The van der Waals surface area contributed by atoms with Crippen LogP contribution in [-0.4, -0.2) is 61.9 Å². The van der Waals surface area contributed by atoms with Gasteiger partial charge >= 0.3 is 0 Å². The Balaban J connectivity index is 1.10. The van der Waals surface area contributed by atoms with Crippen molar-refractivity contribution in [3.63, 3.8) is 0 Å². The summed E-state index contributed by atoms with van der Waals surface area (Å²) in [6, 6.07) is 15.7. The van der Waals surface area contributed by atoms with E-state index in [1.165, 1.54) is 0 Å². The summed E-state index contributed by atoms with van der Waals surface area (Å²) < 4.78 is 7.02. The lowest BCUT2D eigenvalue weighted by Gasteiger charge is -2.35.